The molecule has 0 N–H and O–H groups in total. The average Bonchev–Trinajstić information content (AvgIpc) is 2.99. The van der Waals surface area contributed by atoms with Gasteiger partial charge in [-0.2, -0.15) is 0 Å². The molecule has 0 saturated carbocycles. The van der Waals surface area contributed by atoms with Crippen LogP contribution in [0.4, 0.5) is 0 Å². The lowest BCUT2D eigenvalue weighted by atomic mass is 10.0. The third kappa shape index (κ3) is 3.73. The molecule has 1 aromatic heterocycles. The van der Waals surface area contributed by atoms with E-state index in [0.717, 1.165) is 13.2 Å². The predicted molar refractivity (Wildman–Crippen MR) is 89.7 cm³/mol. The van der Waals surface area contributed by atoms with Crippen LogP contribution in [0.2, 0.25) is 0 Å². The first-order valence-corrected chi connectivity index (χ1v) is 8.55. The van der Waals surface area contributed by atoms with E-state index in [0.29, 0.717) is 6.04 Å². The number of nitrogens with zero attached hydrogens (tertiary/aromatic N) is 1. The molecule has 1 unspecified atom stereocenters. The molecule has 1 aromatic carbocycles. The second-order valence-electron chi connectivity index (χ2n) is 5.71. The first kappa shape index (κ1) is 14.8. The lowest BCUT2D eigenvalue weighted by Crippen LogP contribution is -2.41. The first-order valence-electron chi connectivity index (χ1n) is 7.74. The van der Waals surface area contributed by atoms with Crippen LogP contribution in [0.3, 0.4) is 0 Å². The molecule has 2 aromatic rings. The van der Waals surface area contributed by atoms with Crippen LogP contribution in [0.5, 0.6) is 0 Å². The lowest BCUT2D eigenvalue weighted by Gasteiger charge is -2.34. The summed E-state index contributed by atoms with van der Waals surface area (Å²) in [7, 11) is 1.81. The molecule has 0 spiro atoms. The number of rotatable bonds is 5. The number of benzene rings is 1. The van der Waals surface area contributed by atoms with Crippen LogP contribution >= 0.6 is 11.3 Å². The van der Waals surface area contributed by atoms with Gasteiger partial charge in [0.2, 0.25) is 0 Å². The molecule has 1 saturated heterocycles. The van der Waals surface area contributed by atoms with Crippen LogP contribution in [0.15, 0.2) is 42.5 Å². The number of hydrogen-bond donors (Lipinski definition) is 0. The van der Waals surface area contributed by atoms with Gasteiger partial charge in [-0.05, 0) is 37.1 Å². The van der Waals surface area contributed by atoms with E-state index in [-0.39, 0.29) is 0 Å². The van der Waals surface area contributed by atoms with Crippen molar-refractivity contribution >= 4 is 11.3 Å². The van der Waals surface area contributed by atoms with E-state index in [9.17, 15) is 0 Å². The van der Waals surface area contributed by atoms with Crippen LogP contribution in [-0.4, -0.2) is 31.2 Å². The zero-order valence-corrected chi connectivity index (χ0v) is 13.4. The number of hydrogen-bond acceptors (Lipinski definition) is 3. The van der Waals surface area contributed by atoms with E-state index < -0.39 is 0 Å². The molecule has 21 heavy (non-hydrogen) atoms. The van der Waals surface area contributed by atoms with Crippen molar-refractivity contribution in [3.05, 3.63) is 47.3 Å². The molecule has 2 nitrogen and oxygen atoms in total. The Morgan fingerprint density at radius 1 is 1.14 bits per heavy atom. The fourth-order valence-electron chi connectivity index (χ4n) is 3.07. The van der Waals surface area contributed by atoms with E-state index in [4.69, 9.17) is 4.74 Å². The fraction of sp³-hybridized carbons (Fsp3) is 0.444. The molecule has 0 bridgehead atoms. The SMILES string of the molecule is COCC1CCCCN1Cc1ccc(-c2ccccc2)s1. The van der Waals surface area contributed by atoms with Crippen molar-refractivity contribution in [2.24, 2.45) is 0 Å². The summed E-state index contributed by atoms with van der Waals surface area (Å²) in [6.45, 7) is 3.12. The highest BCUT2D eigenvalue weighted by Gasteiger charge is 2.22. The number of piperidine rings is 1. The summed E-state index contributed by atoms with van der Waals surface area (Å²) in [5.41, 5.74) is 1.32. The van der Waals surface area contributed by atoms with Gasteiger partial charge in [0.05, 0.1) is 6.61 Å². The van der Waals surface area contributed by atoms with E-state index in [1.807, 2.05) is 18.4 Å². The van der Waals surface area contributed by atoms with Crippen molar-refractivity contribution in [3.63, 3.8) is 0 Å². The van der Waals surface area contributed by atoms with Gasteiger partial charge < -0.3 is 4.74 Å². The minimum absolute atomic E-state index is 0.589. The van der Waals surface area contributed by atoms with Crippen molar-refractivity contribution in [3.8, 4) is 10.4 Å². The highest BCUT2D eigenvalue weighted by molar-refractivity contribution is 7.15. The zero-order chi connectivity index (χ0) is 14.5. The highest BCUT2D eigenvalue weighted by Crippen LogP contribution is 2.30. The van der Waals surface area contributed by atoms with Crippen molar-refractivity contribution in [1.82, 2.24) is 4.90 Å². The first-order chi connectivity index (χ1) is 10.4. The summed E-state index contributed by atoms with van der Waals surface area (Å²) in [5, 5.41) is 0. The Bertz CT molecular complexity index is 549. The van der Waals surface area contributed by atoms with Gasteiger partial charge in [-0.25, -0.2) is 0 Å². The second-order valence-corrected chi connectivity index (χ2v) is 6.88. The molecule has 1 atom stereocenters. The fourth-order valence-corrected chi connectivity index (χ4v) is 4.11. The summed E-state index contributed by atoms with van der Waals surface area (Å²) in [6, 6.07) is 15.8. The summed E-state index contributed by atoms with van der Waals surface area (Å²) in [6.07, 6.45) is 3.92. The third-order valence-corrected chi connectivity index (χ3v) is 5.31. The minimum atomic E-state index is 0.589. The Labute approximate surface area is 131 Å². The van der Waals surface area contributed by atoms with Gasteiger partial charge in [0.1, 0.15) is 0 Å². The molecule has 0 amide bonds. The molecule has 2 heterocycles. The van der Waals surface area contributed by atoms with Gasteiger partial charge in [-0.1, -0.05) is 36.8 Å². The topological polar surface area (TPSA) is 12.5 Å². The maximum Gasteiger partial charge on any atom is 0.0618 e. The standard InChI is InChI=1S/C18H23NOS/c1-20-14-16-9-5-6-12-19(16)13-17-10-11-18(21-17)15-7-3-2-4-8-15/h2-4,7-8,10-11,16H,5-6,9,12-14H2,1H3. The van der Waals surface area contributed by atoms with Crippen LogP contribution in [0.1, 0.15) is 24.1 Å². The van der Waals surface area contributed by atoms with Crippen LogP contribution in [0, 0.1) is 0 Å². The lowest BCUT2D eigenvalue weighted by molar-refractivity contribution is 0.0607. The van der Waals surface area contributed by atoms with Gasteiger partial charge in [0.25, 0.3) is 0 Å². The van der Waals surface area contributed by atoms with Gasteiger partial charge in [-0.15, -0.1) is 11.3 Å². The van der Waals surface area contributed by atoms with Gasteiger partial charge in [0, 0.05) is 29.5 Å². The van der Waals surface area contributed by atoms with Gasteiger partial charge >= 0.3 is 0 Å². The Morgan fingerprint density at radius 3 is 2.81 bits per heavy atom. The number of ether oxygens (including phenoxy) is 1. The largest absolute Gasteiger partial charge is 0.383 e. The Kier molecular flexibility index (Phi) is 5.07. The number of methoxy groups -OCH3 is 1. The summed E-state index contributed by atoms with van der Waals surface area (Å²) in [4.78, 5) is 5.41. The van der Waals surface area contributed by atoms with E-state index in [2.05, 4.69) is 47.4 Å². The van der Waals surface area contributed by atoms with E-state index in [1.165, 1.54) is 41.1 Å². The Balaban J connectivity index is 1.69. The Hall–Kier alpha value is -1.16. The van der Waals surface area contributed by atoms with Crippen LogP contribution in [-0.2, 0) is 11.3 Å². The van der Waals surface area contributed by atoms with Crippen LogP contribution in [0.25, 0.3) is 10.4 Å². The summed E-state index contributed by atoms with van der Waals surface area (Å²) < 4.78 is 5.39. The number of thiophene rings is 1. The third-order valence-electron chi connectivity index (χ3n) is 4.19. The molecular weight excluding hydrogens is 278 g/mol. The zero-order valence-electron chi connectivity index (χ0n) is 12.6. The predicted octanol–water partition coefficient (Wildman–Crippen LogP) is 4.42. The van der Waals surface area contributed by atoms with Gasteiger partial charge in [0.15, 0.2) is 0 Å². The normalized spacial score (nSPS) is 19.8. The molecule has 1 aliphatic rings. The molecule has 1 fully saturated rings. The minimum Gasteiger partial charge on any atom is -0.383 e. The van der Waals surface area contributed by atoms with Crippen LogP contribution < -0.4 is 0 Å². The summed E-state index contributed by atoms with van der Waals surface area (Å²) in [5.74, 6) is 0. The molecule has 0 aliphatic carbocycles. The number of likely N-dealkylation sites (tertiary alicyclic amines) is 1. The monoisotopic (exact) mass is 301 g/mol. The summed E-state index contributed by atoms with van der Waals surface area (Å²) >= 11 is 1.92. The smallest absolute Gasteiger partial charge is 0.0618 e. The maximum atomic E-state index is 5.39. The molecular formula is C18H23NOS. The average molecular weight is 301 g/mol. The van der Waals surface area contributed by atoms with E-state index in [1.54, 1.807) is 0 Å². The molecule has 112 valence electrons. The van der Waals surface area contributed by atoms with Gasteiger partial charge in [-0.3, -0.25) is 4.90 Å². The van der Waals surface area contributed by atoms with Crippen molar-refractivity contribution in [2.75, 3.05) is 20.3 Å². The highest BCUT2D eigenvalue weighted by atomic mass is 32.1. The molecule has 3 rings (SSSR count). The van der Waals surface area contributed by atoms with Crippen molar-refractivity contribution in [1.29, 1.82) is 0 Å². The van der Waals surface area contributed by atoms with E-state index >= 15 is 0 Å². The Morgan fingerprint density at radius 2 is 2.00 bits per heavy atom. The second kappa shape index (κ2) is 7.21. The van der Waals surface area contributed by atoms with Crippen molar-refractivity contribution in [2.45, 2.75) is 31.8 Å². The maximum absolute atomic E-state index is 5.39. The molecule has 1 aliphatic heterocycles. The quantitative estimate of drug-likeness (QED) is 0.811. The molecule has 3 heteroatoms. The molecule has 0 radical (unpaired) electrons. The van der Waals surface area contributed by atoms with Crippen molar-refractivity contribution < 1.29 is 4.74 Å².